The molecule has 0 radical (unpaired) electrons. The quantitative estimate of drug-likeness (QED) is 0.460. The Kier molecular flexibility index (Phi) is 8.20. The molecule has 0 aliphatic rings. The molecule has 64 valence electrons. The summed E-state index contributed by atoms with van der Waals surface area (Å²) in [6.45, 7) is 2.10. The van der Waals surface area contributed by atoms with Crippen LogP contribution in [0.5, 0.6) is 0 Å². The molecule has 0 saturated carbocycles. The second-order valence-corrected chi connectivity index (χ2v) is 2.85. The summed E-state index contributed by atoms with van der Waals surface area (Å²) in [6, 6.07) is 0. The van der Waals surface area contributed by atoms with Crippen molar-refractivity contribution in [3.05, 3.63) is 23.8 Å². The van der Waals surface area contributed by atoms with Crippen LogP contribution in [0, 0.1) is 0 Å². The van der Waals surface area contributed by atoms with Crippen molar-refractivity contribution in [3.63, 3.8) is 0 Å². The third-order valence-corrected chi connectivity index (χ3v) is 1.76. The predicted octanol–water partition coefficient (Wildman–Crippen LogP) is 3.75. The predicted molar refractivity (Wildman–Crippen MR) is 53.6 cm³/mol. The van der Waals surface area contributed by atoms with Crippen LogP contribution in [0.25, 0.3) is 0 Å². The summed E-state index contributed by atoms with van der Waals surface area (Å²) in [5.74, 6) is 1.27. The van der Waals surface area contributed by atoms with Crippen LogP contribution in [0.2, 0.25) is 0 Å². The lowest BCUT2D eigenvalue weighted by Gasteiger charge is -1.93. The summed E-state index contributed by atoms with van der Waals surface area (Å²) in [4.78, 5) is 0. The molecule has 0 aromatic rings. The van der Waals surface area contributed by atoms with Gasteiger partial charge in [-0.1, -0.05) is 25.2 Å². The van der Waals surface area contributed by atoms with Crippen molar-refractivity contribution < 1.29 is 0 Å². The van der Waals surface area contributed by atoms with Crippen LogP contribution < -0.4 is 0 Å². The first-order valence-electron chi connectivity index (χ1n) is 3.82. The summed E-state index contributed by atoms with van der Waals surface area (Å²) in [6.07, 6.45) is 8.17. The minimum atomic E-state index is 0.590. The molecule has 0 N–H and O–H groups in total. The van der Waals surface area contributed by atoms with Crippen molar-refractivity contribution in [2.24, 2.45) is 0 Å². The SMILES string of the molecule is CC/C=C(\C=C/CCCl)CCl. The standard InChI is InChI=1S/C9H14Cl2/c1-2-5-9(8-11)6-3-4-7-10/h3,5-6H,2,4,7-8H2,1H3/b6-3-,9-5+. The summed E-state index contributed by atoms with van der Waals surface area (Å²) in [5.41, 5.74) is 1.18. The maximum Gasteiger partial charge on any atom is 0.0470 e. The molecule has 0 rings (SSSR count). The first-order chi connectivity index (χ1) is 5.35. The Balaban J connectivity index is 3.76. The van der Waals surface area contributed by atoms with E-state index in [1.54, 1.807) is 0 Å². The highest BCUT2D eigenvalue weighted by molar-refractivity contribution is 6.19. The molecule has 0 fully saturated rings. The van der Waals surface area contributed by atoms with E-state index in [1.165, 1.54) is 5.57 Å². The Morgan fingerprint density at radius 1 is 1.36 bits per heavy atom. The monoisotopic (exact) mass is 192 g/mol. The smallest absolute Gasteiger partial charge is 0.0470 e. The molecule has 0 unspecified atom stereocenters. The summed E-state index contributed by atoms with van der Waals surface area (Å²) in [5, 5.41) is 0. The van der Waals surface area contributed by atoms with Crippen molar-refractivity contribution in [2.45, 2.75) is 19.8 Å². The van der Waals surface area contributed by atoms with Gasteiger partial charge in [-0.15, -0.1) is 23.2 Å². The van der Waals surface area contributed by atoms with Crippen molar-refractivity contribution in [2.75, 3.05) is 11.8 Å². The lowest BCUT2D eigenvalue weighted by Crippen LogP contribution is -1.79. The lowest BCUT2D eigenvalue weighted by molar-refractivity contribution is 1.19. The van der Waals surface area contributed by atoms with Gasteiger partial charge in [0.05, 0.1) is 0 Å². The highest BCUT2D eigenvalue weighted by Crippen LogP contribution is 2.02. The summed E-state index contributed by atoms with van der Waals surface area (Å²) < 4.78 is 0. The molecule has 0 bridgehead atoms. The van der Waals surface area contributed by atoms with Crippen molar-refractivity contribution in [3.8, 4) is 0 Å². The van der Waals surface area contributed by atoms with Gasteiger partial charge in [-0.25, -0.2) is 0 Å². The minimum absolute atomic E-state index is 0.590. The summed E-state index contributed by atoms with van der Waals surface area (Å²) in [7, 11) is 0. The van der Waals surface area contributed by atoms with Gasteiger partial charge in [-0.3, -0.25) is 0 Å². The topological polar surface area (TPSA) is 0 Å². The second-order valence-electron chi connectivity index (χ2n) is 2.20. The number of halogens is 2. The maximum atomic E-state index is 5.67. The third kappa shape index (κ3) is 6.46. The number of allylic oxidation sites excluding steroid dienone is 4. The van der Waals surface area contributed by atoms with Gasteiger partial charge in [-0.05, 0) is 18.4 Å². The van der Waals surface area contributed by atoms with Crippen LogP contribution in [-0.4, -0.2) is 11.8 Å². The Hall–Kier alpha value is 0.0600. The van der Waals surface area contributed by atoms with Gasteiger partial charge in [0.1, 0.15) is 0 Å². The van der Waals surface area contributed by atoms with E-state index in [2.05, 4.69) is 19.1 Å². The van der Waals surface area contributed by atoms with Gasteiger partial charge in [0.2, 0.25) is 0 Å². The van der Waals surface area contributed by atoms with E-state index in [1.807, 2.05) is 6.08 Å². The van der Waals surface area contributed by atoms with Crippen LogP contribution in [0.1, 0.15) is 19.8 Å². The maximum absolute atomic E-state index is 5.67. The Labute approximate surface area is 78.9 Å². The van der Waals surface area contributed by atoms with Crippen molar-refractivity contribution in [1.82, 2.24) is 0 Å². The first kappa shape index (κ1) is 11.1. The third-order valence-electron chi connectivity index (χ3n) is 1.23. The van der Waals surface area contributed by atoms with Gasteiger partial charge < -0.3 is 0 Å². The average molecular weight is 193 g/mol. The van der Waals surface area contributed by atoms with Crippen LogP contribution in [-0.2, 0) is 0 Å². The fraction of sp³-hybridized carbons (Fsp3) is 0.556. The molecule has 11 heavy (non-hydrogen) atoms. The van der Waals surface area contributed by atoms with Gasteiger partial charge in [0, 0.05) is 11.8 Å². The van der Waals surface area contributed by atoms with E-state index < -0.39 is 0 Å². The molecule has 0 aliphatic carbocycles. The fourth-order valence-electron chi connectivity index (χ4n) is 0.727. The molecule has 0 amide bonds. The molecule has 2 heteroatoms. The van der Waals surface area contributed by atoms with Gasteiger partial charge in [0.25, 0.3) is 0 Å². The molecular weight excluding hydrogens is 179 g/mol. The average Bonchev–Trinajstić information content (AvgIpc) is 2.03. The molecule has 0 aromatic heterocycles. The fourth-order valence-corrected chi connectivity index (χ4v) is 1.05. The van der Waals surface area contributed by atoms with E-state index in [0.29, 0.717) is 11.8 Å². The highest BCUT2D eigenvalue weighted by atomic mass is 35.5. The van der Waals surface area contributed by atoms with Crippen LogP contribution >= 0.6 is 23.2 Å². The minimum Gasteiger partial charge on any atom is -0.126 e. The van der Waals surface area contributed by atoms with E-state index in [-0.39, 0.29) is 0 Å². The Morgan fingerprint density at radius 3 is 2.55 bits per heavy atom. The van der Waals surface area contributed by atoms with Gasteiger partial charge >= 0.3 is 0 Å². The number of hydrogen-bond acceptors (Lipinski definition) is 0. The number of alkyl halides is 2. The first-order valence-corrected chi connectivity index (χ1v) is 4.89. The largest absolute Gasteiger partial charge is 0.126 e. The van der Waals surface area contributed by atoms with Gasteiger partial charge in [-0.2, -0.15) is 0 Å². The molecule has 0 atom stereocenters. The lowest BCUT2D eigenvalue weighted by atomic mass is 10.2. The molecule has 0 aliphatic heterocycles. The zero-order chi connectivity index (χ0) is 8.53. The molecule has 0 spiro atoms. The molecule has 0 saturated heterocycles. The van der Waals surface area contributed by atoms with E-state index >= 15 is 0 Å². The zero-order valence-electron chi connectivity index (χ0n) is 6.82. The summed E-state index contributed by atoms with van der Waals surface area (Å²) >= 11 is 11.2. The van der Waals surface area contributed by atoms with E-state index in [9.17, 15) is 0 Å². The van der Waals surface area contributed by atoms with E-state index in [4.69, 9.17) is 23.2 Å². The molecule has 0 nitrogen and oxygen atoms in total. The van der Waals surface area contributed by atoms with Crippen LogP contribution in [0.3, 0.4) is 0 Å². The number of hydrogen-bond donors (Lipinski definition) is 0. The number of rotatable bonds is 5. The normalized spacial score (nSPS) is 12.8. The van der Waals surface area contributed by atoms with E-state index in [0.717, 1.165) is 12.8 Å². The highest BCUT2D eigenvalue weighted by Gasteiger charge is 1.86. The zero-order valence-corrected chi connectivity index (χ0v) is 8.33. The van der Waals surface area contributed by atoms with Crippen molar-refractivity contribution in [1.29, 1.82) is 0 Å². The van der Waals surface area contributed by atoms with Crippen LogP contribution in [0.4, 0.5) is 0 Å². The molecular formula is C9H14Cl2. The second kappa shape index (κ2) is 8.16. The molecule has 0 aromatic carbocycles. The Bertz CT molecular complexity index is 136. The Morgan fingerprint density at radius 2 is 2.09 bits per heavy atom. The van der Waals surface area contributed by atoms with Crippen molar-refractivity contribution >= 4 is 23.2 Å². The van der Waals surface area contributed by atoms with Gasteiger partial charge in [0.15, 0.2) is 0 Å². The van der Waals surface area contributed by atoms with Crippen LogP contribution in [0.15, 0.2) is 23.8 Å². The molecule has 0 heterocycles.